The highest BCUT2D eigenvalue weighted by Crippen LogP contribution is 2.27. The van der Waals surface area contributed by atoms with E-state index in [9.17, 15) is 28.2 Å². The van der Waals surface area contributed by atoms with E-state index >= 15 is 0 Å². The van der Waals surface area contributed by atoms with Gasteiger partial charge in [0.25, 0.3) is 0 Å². The summed E-state index contributed by atoms with van der Waals surface area (Å²) in [7, 11) is -4.75. The molecule has 25 heavy (non-hydrogen) atoms. The summed E-state index contributed by atoms with van der Waals surface area (Å²) in [5, 5.41) is 36.4. The van der Waals surface area contributed by atoms with Gasteiger partial charge in [0.05, 0.1) is 0 Å². The van der Waals surface area contributed by atoms with Crippen LogP contribution in [0.4, 0.5) is 0 Å². The number of carboxylic acids is 2. The van der Waals surface area contributed by atoms with Crippen LogP contribution in [-0.2, 0) is 10.4 Å². The number of aromatic hydroxyl groups is 2. The van der Waals surface area contributed by atoms with Gasteiger partial charge in [0.15, 0.2) is 0 Å². The van der Waals surface area contributed by atoms with Crippen LogP contribution >= 0.6 is 0 Å². The fourth-order valence-corrected chi connectivity index (χ4v) is 2.44. The summed E-state index contributed by atoms with van der Waals surface area (Å²) < 4.78 is 32.8. The molecule has 10 nitrogen and oxygen atoms in total. The van der Waals surface area contributed by atoms with Crippen molar-refractivity contribution in [2.45, 2.75) is 0 Å². The van der Waals surface area contributed by atoms with E-state index in [0.29, 0.717) is 0 Å². The van der Waals surface area contributed by atoms with Crippen LogP contribution in [0.3, 0.4) is 0 Å². The highest BCUT2D eigenvalue weighted by atomic mass is 32.3. The third kappa shape index (κ3) is 4.29. The smallest absolute Gasteiger partial charge is 0.500 e. The quantitative estimate of drug-likeness (QED) is 0.579. The molecule has 0 atom stereocenters. The van der Waals surface area contributed by atoms with E-state index in [1.54, 1.807) is 0 Å². The van der Waals surface area contributed by atoms with Gasteiger partial charge in [-0.15, -0.1) is 8.42 Å². The molecule has 0 fully saturated rings. The van der Waals surface area contributed by atoms with E-state index in [1.165, 1.54) is 0 Å². The summed E-state index contributed by atoms with van der Waals surface area (Å²) in [6.45, 7) is 0. The Bertz CT molecular complexity index is 877. The molecular formula is C14H10O10S. The third-order valence-electron chi connectivity index (χ3n) is 2.79. The van der Waals surface area contributed by atoms with Gasteiger partial charge in [-0.2, -0.15) is 0 Å². The Hall–Kier alpha value is -3.47. The number of carbonyl (C=O) groups is 2. The molecule has 132 valence electrons. The predicted octanol–water partition coefficient (Wildman–Crippen LogP) is 1.20. The molecule has 0 heterocycles. The van der Waals surface area contributed by atoms with Gasteiger partial charge >= 0.3 is 22.3 Å². The van der Waals surface area contributed by atoms with Crippen molar-refractivity contribution in [2.75, 3.05) is 0 Å². The standard InChI is InChI=1S/C14H10O10S/c15-11-3-1-7(5-9(11)13(17)18)23-25(21,22)24-8-2-4-12(16)10(6-8)14(19)20/h1-6,15-16H,(H,17,18)(H,19,20). The lowest BCUT2D eigenvalue weighted by Gasteiger charge is -2.09. The monoisotopic (exact) mass is 370 g/mol. The van der Waals surface area contributed by atoms with Crippen LogP contribution in [0.25, 0.3) is 0 Å². The highest BCUT2D eigenvalue weighted by molar-refractivity contribution is 7.82. The van der Waals surface area contributed by atoms with Gasteiger partial charge in [0, 0.05) is 12.1 Å². The largest absolute Gasteiger partial charge is 0.507 e. The zero-order chi connectivity index (χ0) is 18.8. The van der Waals surface area contributed by atoms with Gasteiger partial charge in [0.1, 0.15) is 34.1 Å². The molecule has 4 N–H and O–H groups in total. The number of hydrogen-bond acceptors (Lipinski definition) is 8. The van der Waals surface area contributed by atoms with Crippen molar-refractivity contribution in [3.8, 4) is 23.0 Å². The summed E-state index contributed by atoms with van der Waals surface area (Å²) in [6, 6.07) is 5.33. The summed E-state index contributed by atoms with van der Waals surface area (Å²) in [4.78, 5) is 21.8. The number of aromatic carboxylic acids is 2. The van der Waals surface area contributed by atoms with Gasteiger partial charge in [-0.3, -0.25) is 0 Å². The van der Waals surface area contributed by atoms with E-state index in [-0.39, 0.29) is 0 Å². The highest BCUT2D eigenvalue weighted by Gasteiger charge is 2.20. The van der Waals surface area contributed by atoms with Gasteiger partial charge in [0.2, 0.25) is 0 Å². The first kappa shape index (κ1) is 17.9. The van der Waals surface area contributed by atoms with Crippen LogP contribution in [0.2, 0.25) is 0 Å². The fourth-order valence-electron chi connectivity index (χ4n) is 1.73. The Morgan fingerprint density at radius 1 is 0.760 bits per heavy atom. The molecule has 0 unspecified atom stereocenters. The molecule has 0 aliphatic carbocycles. The van der Waals surface area contributed by atoms with Crippen LogP contribution in [0.15, 0.2) is 36.4 Å². The minimum atomic E-state index is -4.75. The van der Waals surface area contributed by atoms with Crippen molar-refractivity contribution in [1.82, 2.24) is 0 Å². The van der Waals surface area contributed by atoms with Gasteiger partial charge in [-0.25, -0.2) is 9.59 Å². The summed E-state index contributed by atoms with van der Waals surface area (Å²) in [5.74, 6) is -5.11. The molecule has 11 heteroatoms. The second-order valence-electron chi connectivity index (χ2n) is 4.54. The molecular weight excluding hydrogens is 360 g/mol. The number of carboxylic acid groups (broad SMARTS) is 2. The van der Waals surface area contributed by atoms with Crippen LogP contribution in [0, 0.1) is 0 Å². The lowest BCUT2D eigenvalue weighted by Crippen LogP contribution is -2.17. The maximum atomic E-state index is 11.8. The zero-order valence-corrected chi connectivity index (χ0v) is 12.9. The molecule has 0 aliphatic heterocycles. The Labute approximate surface area is 140 Å². The number of rotatable bonds is 6. The average molecular weight is 370 g/mol. The molecule has 2 aromatic carbocycles. The van der Waals surface area contributed by atoms with Crippen LogP contribution in [0.1, 0.15) is 20.7 Å². The predicted molar refractivity (Wildman–Crippen MR) is 80.3 cm³/mol. The summed E-state index contributed by atoms with van der Waals surface area (Å²) >= 11 is 0. The topological polar surface area (TPSA) is 168 Å². The van der Waals surface area contributed by atoms with Crippen LogP contribution < -0.4 is 8.37 Å². The molecule has 0 saturated carbocycles. The van der Waals surface area contributed by atoms with Crippen molar-refractivity contribution in [3.63, 3.8) is 0 Å². The van der Waals surface area contributed by atoms with E-state index in [2.05, 4.69) is 8.37 Å². The minimum absolute atomic E-state index is 0.451. The van der Waals surface area contributed by atoms with Gasteiger partial charge < -0.3 is 28.8 Å². The molecule has 0 aliphatic rings. The first-order chi connectivity index (χ1) is 11.6. The third-order valence-corrected chi connectivity index (χ3v) is 3.59. The van der Waals surface area contributed by atoms with Crippen LogP contribution in [-0.4, -0.2) is 40.8 Å². The fraction of sp³-hybridized carbons (Fsp3) is 0. The van der Waals surface area contributed by atoms with E-state index in [4.69, 9.17) is 10.2 Å². The van der Waals surface area contributed by atoms with E-state index in [0.717, 1.165) is 36.4 Å². The van der Waals surface area contributed by atoms with E-state index < -0.39 is 56.5 Å². The normalized spacial score (nSPS) is 10.9. The maximum Gasteiger partial charge on any atom is 0.500 e. The first-order valence-corrected chi connectivity index (χ1v) is 7.69. The molecule has 0 spiro atoms. The molecule has 2 aromatic rings. The molecule has 0 radical (unpaired) electrons. The van der Waals surface area contributed by atoms with E-state index in [1.807, 2.05) is 0 Å². The van der Waals surface area contributed by atoms with Crippen LogP contribution in [0.5, 0.6) is 23.0 Å². The lowest BCUT2D eigenvalue weighted by atomic mass is 10.2. The van der Waals surface area contributed by atoms with Gasteiger partial charge in [-0.1, -0.05) is 0 Å². The van der Waals surface area contributed by atoms with Crippen molar-refractivity contribution in [3.05, 3.63) is 47.5 Å². The first-order valence-electron chi connectivity index (χ1n) is 6.35. The molecule has 2 rings (SSSR count). The van der Waals surface area contributed by atoms with Crippen molar-refractivity contribution in [2.24, 2.45) is 0 Å². The van der Waals surface area contributed by atoms with Crippen molar-refractivity contribution in [1.29, 1.82) is 0 Å². The molecule has 0 amide bonds. The molecule has 0 saturated heterocycles. The Morgan fingerprint density at radius 3 is 1.44 bits per heavy atom. The second-order valence-corrected chi connectivity index (χ2v) is 5.69. The SMILES string of the molecule is O=C(O)c1cc(OS(=O)(=O)Oc2ccc(O)c(C(=O)O)c2)ccc1O. The Morgan fingerprint density at radius 2 is 1.12 bits per heavy atom. The lowest BCUT2D eigenvalue weighted by molar-refractivity contribution is 0.0682. The second kappa shape index (κ2) is 6.57. The summed E-state index contributed by atoms with van der Waals surface area (Å²) in [5.41, 5.74) is -1.18. The van der Waals surface area contributed by atoms with Gasteiger partial charge in [-0.05, 0) is 24.3 Å². The molecule has 0 bridgehead atoms. The maximum absolute atomic E-state index is 11.8. The Balaban J connectivity index is 2.26. The summed E-state index contributed by atoms with van der Waals surface area (Å²) in [6.07, 6.45) is 0. The number of phenols is 2. The average Bonchev–Trinajstić information content (AvgIpc) is 2.50. The van der Waals surface area contributed by atoms with Crippen molar-refractivity contribution < 1.29 is 46.8 Å². The Kier molecular flexibility index (Phi) is 4.70. The number of hydrogen-bond donors (Lipinski definition) is 4. The van der Waals surface area contributed by atoms with Crippen molar-refractivity contribution >= 4 is 22.3 Å². The molecule has 0 aromatic heterocycles. The minimum Gasteiger partial charge on any atom is -0.507 e. The number of benzene rings is 2. The zero-order valence-electron chi connectivity index (χ0n) is 12.1.